The molecule has 2 rings (SSSR count). The topological polar surface area (TPSA) is 29.3 Å². The van der Waals surface area contributed by atoms with E-state index >= 15 is 0 Å². The van der Waals surface area contributed by atoms with Crippen LogP contribution in [0.15, 0.2) is 22.7 Å². The van der Waals surface area contributed by atoms with Gasteiger partial charge in [0, 0.05) is 35.7 Å². The Hall–Kier alpha value is -0.450. The van der Waals surface area contributed by atoms with Crippen molar-refractivity contribution in [1.29, 1.82) is 0 Å². The van der Waals surface area contributed by atoms with Gasteiger partial charge in [-0.05, 0) is 12.1 Å². The zero-order valence-corrected chi connectivity index (χ0v) is 9.30. The average Bonchev–Trinajstić information content (AvgIpc) is 2.06. The van der Waals surface area contributed by atoms with Gasteiger partial charge >= 0.3 is 0 Å². The molecule has 1 fully saturated rings. The van der Waals surface area contributed by atoms with E-state index in [9.17, 15) is 4.39 Å². The molecule has 0 unspecified atom stereocenters. The molecule has 0 aliphatic carbocycles. The third-order valence-electron chi connectivity index (χ3n) is 2.39. The van der Waals surface area contributed by atoms with Crippen molar-refractivity contribution < 1.29 is 4.39 Å². The van der Waals surface area contributed by atoms with Crippen LogP contribution < -0.4 is 5.73 Å². The van der Waals surface area contributed by atoms with E-state index in [2.05, 4.69) is 20.8 Å². The van der Waals surface area contributed by atoms with Gasteiger partial charge in [-0.1, -0.05) is 22.0 Å². The molecule has 2 N–H and O–H groups in total. The van der Waals surface area contributed by atoms with Crippen LogP contribution in [0.4, 0.5) is 4.39 Å². The Bertz CT molecular complexity index is 337. The SMILES string of the molecule is NC1CN(Cc2ccc(Br)cc2F)C1. The minimum Gasteiger partial charge on any atom is -0.325 e. The molecule has 1 aliphatic rings. The van der Waals surface area contributed by atoms with Crippen LogP contribution in [0, 0.1) is 5.82 Å². The second kappa shape index (κ2) is 3.96. The Morgan fingerprint density at radius 2 is 2.21 bits per heavy atom. The van der Waals surface area contributed by atoms with E-state index in [1.165, 1.54) is 6.07 Å². The molecule has 1 saturated heterocycles. The zero-order valence-electron chi connectivity index (χ0n) is 7.71. The maximum Gasteiger partial charge on any atom is 0.128 e. The molecule has 0 bridgehead atoms. The standard InChI is InChI=1S/C10H12BrFN2/c11-8-2-1-7(10(12)3-8)4-14-5-9(13)6-14/h1-3,9H,4-6,13H2. The molecule has 0 radical (unpaired) electrons. The number of hydrogen-bond donors (Lipinski definition) is 1. The summed E-state index contributed by atoms with van der Waals surface area (Å²) < 4.78 is 14.2. The zero-order chi connectivity index (χ0) is 10.1. The predicted octanol–water partition coefficient (Wildman–Crippen LogP) is 1.73. The van der Waals surface area contributed by atoms with Gasteiger partial charge in [0.25, 0.3) is 0 Å². The van der Waals surface area contributed by atoms with E-state index < -0.39 is 0 Å². The van der Waals surface area contributed by atoms with Crippen LogP contribution in [-0.2, 0) is 6.54 Å². The second-order valence-corrected chi connectivity index (χ2v) is 4.61. The Morgan fingerprint density at radius 1 is 1.50 bits per heavy atom. The number of halogens is 2. The van der Waals surface area contributed by atoms with E-state index in [1.807, 2.05) is 12.1 Å². The van der Waals surface area contributed by atoms with Crippen LogP contribution >= 0.6 is 15.9 Å². The highest BCUT2D eigenvalue weighted by atomic mass is 79.9. The number of benzene rings is 1. The third kappa shape index (κ3) is 2.13. The van der Waals surface area contributed by atoms with Crippen molar-refractivity contribution in [2.45, 2.75) is 12.6 Å². The Morgan fingerprint density at radius 3 is 2.79 bits per heavy atom. The molecular formula is C10H12BrFN2. The highest BCUT2D eigenvalue weighted by Crippen LogP contribution is 2.18. The van der Waals surface area contributed by atoms with Crippen LogP contribution in [0.5, 0.6) is 0 Å². The van der Waals surface area contributed by atoms with Gasteiger partial charge < -0.3 is 5.73 Å². The maximum atomic E-state index is 13.4. The molecule has 1 aromatic carbocycles. The summed E-state index contributed by atoms with van der Waals surface area (Å²) in [6.07, 6.45) is 0. The van der Waals surface area contributed by atoms with Crippen LogP contribution in [0.3, 0.4) is 0 Å². The Kier molecular flexibility index (Phi) is 2.85. The molecule has 0 aromatic heterocycles. The van der Waals surface area contributed by atoms with Crippen molar-refractivity contribution in [3.8, 4) is 0 Å². The monoisotopic (exact) mass is 258 g/mol. The highest BCUT2D eigenvalue weighted by molar-refractivity contribution is 9.10. The smallest absolute Gasteiger partial charge is 0.128 e. The molecule has 1 aromatic rings. The predicted molar refractivity (Wildman–Crippen MR) is 57.4 cm³/mol. The van der Waals surface area contributed by atoms with E-state index in [4.69, 9.17) is 5.73 Å². The molecule has 14 heavy (non-hydrogen) atoms. The summed E-state index contributed by atoms with van der Waals surface area (Å²) in [5.41, 5.74) is 6.38. The lowest BCUT2D eigenvalue weighted by Crippen LogP contribution is -2.54. The average molecular weight is 259 g/mol. The number of hydrogen-bond acceptors (Lipinski definition) is 2. The summed E-state index contributed by atoms with van der Waals surface area (Å²) in [5, 5.41) is 0. The van der Waals surface area contributed by atoms with Crippen LogP contribution in [0.25, 0.3) is 0 Å². The quantitative estimate of drug-likeness (QED) is 0.876. The normalized spacial score (nSPS) is 18.2. The molecule has 1 heterocycles. The molecule has 2 nitrogen and oxygen atoms in total. The van der Waals surface area contributed by atoms with Gasteiger partial charge in [-0.25, -0.2) is 4.39 Å². The van der Waals surface area contributed by atoms with Crippen LogP contribution in [0.1, 0.15) is 5.56 Å². The fourth-order valence-corrected chi connectivity index (χ4v) is 1.96. The molecule has 0 saturated carbocycles. The van der Waals surface area contributed by atoms with Crippen LogP contribution in [0.2, 0.25) is 0 Å². The number of nitrogens with two attached hydrogens (primary N) is 1. The number of likely N-dealkylation sites (tertiary alicyclic amines) is 1. The van der Waals surface area contributed by atoms with E-state index in [-0.39, 0.29) is 11.9 Å². The second-order valence-electron chi connectivity index (χ2n) is 3.69. The lowest BCUT2D eigenvalue weighted by molar-refractivity contribution is 0.140. The van der Waals surface area contributed by atoms with E-state index in [1.54, 1.807) is 0 Å². The van der Waals surface area contributed by atoms with Gasteiger partial charge in [0.1, 0.15) is 5.82 Å². The van der Waals surface area contributed by atoms with Crippen molar-refractivity contribution in [2.24, 2.45) is 5.73 Å². The summed E-state index contributed by atoms with van der Waals surface area (Å²) in [5.74, 6) is -0.153. The lowest BCUT2D eigenvalue weighted by Gasteiger charge is -2.36. The first kappa shape index (κ1) is 10.1. The molecule has 76 valence electrons. The van der Waals surface area contributed by atoms with Crippen molar-refractivity contribution in [2.75, 3.05) is 13.1 Å². The highest BCUT2D eigenvalue weighted by Gasteiger charge is 2.23. The first-order valence-corrected chi connectivity index (χ1v) is 5.36. The minimum atomic E-state index is -0.153. The fourth-order valence-electron chi connectivity index (χ4n) is 1.63. The molecule has 0 atom stereocenters. The number of rotatable bonds is 2. The summed E-state index contributed by atoms with van der Waals surface area (Å²) >= 11 is 3.23. The molecule has 4 heteroatoms. The van der Waals surface area contributed by atoms with Crippen molar-refractivity contribution in [3.05, 3.63) is 34.1 Å². The molecule has 1 aliphatic heterocycles. The van der Waals surface area contributed by atoms with Crippen LogP contribution in [-0.4, -0.2) is 24.0 Å². The first-order valence-electron chi connectivity index (χ1n) is 4.57. The molecule has 0 amide bonds. The molecule has 0 spiro atoms. The fraction of sp³-hybridized carbons (Fsp3) is 0.400. The minimum absolute atomic E-state index is 0.153. The Labute approximate surface area is 91.0 Å². The largest absolute Gasteiger partial charge is 0.325 e. The van der Waals surface area contributed by atoms with Gasteiger partial charge in [-0.2, -0.15) is 0 Å². The maximum absolute atomic E-state index is 13.4. The summed E-state index contributed by atoms with van der Waals surface area (Å²) in [4.78, 5) is 2.14. The summed E-state index contributed by atoms with van der Waals surface area (Å²) in [6, 6.07) is 5.43. The number of nitrogens with zero attached hydrogens (tertiary/aromatic N) is 1. The van der Waals surface area contributed by atoms with Crippen molar-refractivity contribution in [1.82, 2.24) is 4.90 Å². The first-order chi connectivity index (χ1) is 6.65. The van der Waals surface area contributed by atoms with Gasteiger partial charge in [0.15, 0.2) is 0 Å². The lowest BCUT2D eigenvalue weighted by atomic mass is 10.1. The van der Waals surface area contributed by atoms with Gasteiger partial charge in [-0.3, -0.25) is 4.90 Å². The summed E-state index contributed by atoms with van der Waals surface area (Å²) in [7, 11) is 0. The van der Waals surface area contributed by atoms with Gasteiger partial charge in [0.2, 0.25) is 0 Å². The van der Waals surface area contributed by atoms with E-state index in [0.717, 1.165) is 23.1 Å². The molecular weight excluding hydrogens is 247 g/mol. The van der Waals surface area contributed by atoms with Crippen molar-refractivity contribution in [3.63, 3.8) is 0 Å². The third-order valence-corrected chi connectivity index (χ3v) is 2.89. The van der Waals surface area contributed by atoms with Gasteiger partial charge in [0.05, 0.1) is 0 Å². The van der Waals surface area contributed by atoms with Gasteiger partial charge in [-0.15, -0.1) is 0 Å². The van der Waals surface area contributed by atoms with Crippen molar-refractivity contribution >= 4 is 15.9 Å². The Balaban J connectivity index is 2.02. The van der Waals surface area contributed by atoms with E-state index in [0.29, 0.717) is 6.54 Å². The summed E-state index contributed by atoms with van der Waals surface area (Å²) in [6.45, 7) is 2.40.